The molecule has 21 heavy (non-hydrogen) atoms. The van der Waals surface area contributed by atoms with Crippen LogP contribution in [0.3, 0.4) is 0 Å². The summed E-state index contributed by atoms with van der Waals surface area (Å²) in [4.78, 5) is 26.7. The lowest BCUT2D eigenvalue weighted by molar-refractivity contribution is -0.114. The number of carbonyl (C=O) groups is 1. The van der Waals surface area contributed by atoms with Gasteiger partial charge in [0, 0.05) is 24.5 Å². The molecule has 4 nitrogen and oxygen atoms in total. The Bertz CT molecular complexity index is 612. The lowest BCUT2D eigenvalue weighted by Gasteiger charge is -2.30. The number of anilines is 2. The van der Waals surface area contributed by atoms with Crippen molar-refractivity contribution in [1.82, 2.24) is 0 Å². The van der Waals surface area contributed by atoms with Crippen molar-refractivity contribution in [3.05, 3.63) is 42.1 Å². The van der Waals surface area contributed by atoms with E-state index in [2.05, 4.69) is 5.94 Å². The van der Waals surface area contributed by atoms with Crippen LogP contribution in [0.15, 0.2) is 42.1 Å². The van der Waals surface area contributed by atoms with Crippen molar-refractivity contribution in [3.63, 3.8) is 0 Å². The summed E-state index contributed by atoms with van der Waals surface area (Å²) in [6.45, 7) is 1.58. The van der Waals surface area contributed by atoms with Crippen LogP contribution >= 0.6 is 0 Å². The van der Waals surface area contributed by atoms with E-state index < -0.39 is 0 Å². The summed E-state index contributed by atoms with van der Waals surface area (Å²) in [6.07, 6.45) is 7.34. The second-order valence-corrected chi connectivity index (χ2v) is 5.35. The van der Waals surface area contributed by atoms with E-state index in [1.807, 2.05) is 35.2 Å². The third kappa shape index (κ3) is 2.76. The Morgan fingerprint density at radius 1 is 0.952 bits per heavy atom. The van der Waals surface area contributed by atoms with Gasteiger partial charge in [0.05, 0.1) is 0 Å². The van der Waals surface area contributed by atoms with Crippen molar-refractivity contribution in [1.29, 1.82) is 0 Å². The first kappa shape index (κ1) is 13.7. The van der Waals surface area contributed by atoms with Gasteiger partial charge >= 0.3 is 0 Å². The van der Waals surface area contributed by atoms with Crippen LogP contribution in [-0.4, -0.2) is 24.9 Å². The molecule has 1 aromatic carbocycles. The van der Waals surface area contributed by atoms with E-state index in [-0.39, 0.29) is 5.91 Å². The zero-order valence-electron chi connectivity index (χ0n) is 11.9. The van der Waals surface area contributed by atoms with Crippen LogP contribution in [0.4, 0.5) is 11.4 Å². The summed E-state index contributed by atoms with van der Waals surface area (Å²) >= 11 is 0. The van der Waals surface area contributed by atoms with Gasteiger partial charge in [-0.05, 0) is 56.0 Å². The predicted octanol–water partition coefficient (Wildman–Crippen LogP) is 2.69. The molecule has 0 atom stereocenters. The summed E-state index contributed by atoms with van der Waals surface area (Å²) < 4.78 is 0. The van der Waals surface area contributed by atoms with Crippen molar-refractivity contribution in [3.8, 4) is 0 Å². The first-order valence-corrected chi connectivity index (χ1v) is 7.39. The molecule has 0 radical (unpaired) electrons. The van der Waals surface area contributed by atoms with Crippen molar-refractivity contribution in [2.24, 2.45) is 0 Å². The molecular weight excluding hydrogens is 264 g/mol. The van der Waals surface area contributed by atoms with Crippen LogP contribution in [0.2, 0.25) is 0 Å². The Kier molecular flexibility index (Phi) is 3.89. The summed E-state index contributed by atoms with van der Waals surface area (Å²) in [7, 11) is 0. The van der Waals surface area contributed by atoms with E-state index in [9.17, 15) is 9.59 Å². The van der Waals surface area contributed by atoms with Gasteiger partial charge in [0.25, 0.3) is 5.91 Å². The smallest absolute Gasteiger partial charge is 0.250 e. The van der Waals surface area contributed by atoms with Gasteiger partial charge in [-0.25, -0.2) is 4.79 Å². The van der Waals surface area contributed by atoms with Gasteiger partial charge in [-0.3, -0.25) is 4.79 Å². The first-order chi connectivity index (χ1) is 10.3. The summed E-state index contributed by atoms with van der Waals surface area (Å²) in [5.74, 6) is 2.08. The third-order valence-corrected chi connectivity index (χ3v) is 4.01. The summed E-state index contributed by atoms with van der Waals surface area (Å²) in [5.41, 5.74) is 2.63. The van der Waals surface area contributed by atoms with E-state index in [0.717, 1.165) is 55.8 Å². The fraction of sp³-hybridized carbons (Fsp3) is 0.353. The number of nitrogens with zero attached hydrogens (tertiary/aromatic N) is 2. The van der Waals surface area contributed by atoms with Gasteiger partial charge in [-0.15, -0.1) is 0 Å². The molecule has 3 rings (SSSR count). The molecule has 0 aromatic heterocycles. The molecule has 0 bridgehead atoms. The quantitative estimate of drug-likeness (QED) is 0.783. The highest BCUT2D eigenvalue weighted by Gasteiger charge is 2.19. The Balaban J connectivity index is 1.82. The largest absolute Gasteiger partial charge is 0.336 e. The molecule has 1 aromatic rings. The number of hydrogen-bond donors (Lipinski definition) is 0. The van der Waals surface area contributed by atoms with Gasteiger partial charge in [0.1, 0.15) is 11.6 Å². The molecule has 0 N–H and O–H groups in total. The maximum Gasteiger partial charge on any atom is 0.250 e. The second kappa shape index (κ2) is 5.98. The molecule has 0 saturated carbocycles. The standard InChI is InChI=1S/C17H18N2O2/c20-13-16-5-1-3-11-18(16)14-7-9-15(10-8-14)19-12-4-2-6-17(19)21/h2,6-10H,1,3-5,11-12H2. The van der Waals surface area contributed by atoms with E-state index >= 15 is 0 Å². The lowest BCUT2D eigenvalue weighted by Crippen LogP contribution is -2.32. The molecule has 2 heterocycles. The highest BCUT2D eigenvalue weighted by Crippen LogP contribution is 2.28. The van der Waals surface area contributed by atoms with Crippen LogP contribution in [0, 0.1) is 0 Å². The van der Waals surface area contributed by atoms with Crippen LogP contribution in [0.25, 0.3) is 0 Å². The minimum absolute atomic E-state index is 0.0282. The minimum atomic E-state index is 0.0282. The SMILES string of the molecule is O=C=C1CCCCN1c1ccc(N2CCC=CC2=O)cc1. The van der Waals surface area contributed by atoms with Crippen molar-refractivity contribution in [2.75, 3.05) is 22.9 Å². The highest BCUT2D eigenvalue weighted by molar-refractivity contribution is 6.02. The molecule has 108 valence electrons. The second-order valence-electron chi connectivity index (χ2n) is 5.35. The number of piperidine rings is 1. The Labute approximate surface area is 124 Å². The normalized spacial score (nSPS) is 18.9. The fourth-order valence-electron chi connectivity index (χ4n) is 2.88. The molecule has 1 amide bonds. The zero-order valence-corrected chi connectivity index (χ0v) is 11.9. The van der Waals surface area contributed by atoms with Crippen molar-refractivity contribution < 1.29 is 9.59 Å². The van der Waals surface area contributed by atoms with Gasteiger partial charge in [-0.1, -0.05) is 6.08 Å². The van der Waals surface area contributed by atoms with Gasteiger partial charge in [0.15, 0.2) is 0 Å². The molecular formula is C17H18N2O2. The number of allylic oxidation sites excluding steroid dienone is 1. The van der Waals surface area contributed by atoms with Crippen LogP contribution in [0.5, 0.6) is 0 Å². The fourth-order valence-corrected chi connectivity index (χ4v) is 2.88. The monoisotopic (exact) mass is 282 g/mol. The summed E-state index contributed by atoms with van der Waals surface area (Å²) in [6, 6.07) is 7.85. The average Bonchev–Trinajstić information content (AvgIpc) is 2.55. The average molecular weight is 282 g/mol. The van der Waals surface area contributed by atoms with Gasteiger partial charge < -0.3 is 9.80 Å². The van der Waals surface area contributed by atoms with E-state index in [1.54, 1.807) is 11.0 Å². The van der Waals surface area contributed by atoms with Crippen molar-refractivity contribution >= 4 is 23.2 Å². The zero-order chi connectivity index (χ0) is 14.7. The summed E-state index contributed by atoms with van der Waals surface area (Å²) in [5, 5.41) is 0. The maximum atomic E-state index is 11.9. The molecule has 4 heteroatoms. The van der Waals surface area contributed by atoms with E-state index in [1.165, 1.54) is 0 Å². The number of amides is 1. The maximum absolute atomic E-state index is 11.9. The molecule has 2 aliphatic rings. The predicted molar refractivity (Wildman–Crippen MR) is 83.0 cm³/mol. The van der Waals surface area contributed by atoms with Gasteiger partial charge in [-0.2, -0.15) is 0 Å². The molecule has 2 aliphatic heterocycles. The Morgan fingerprint density at radius 3 is 2.33 bits per heavy atom. The molecule has 1 saturated heterocycles. The lowest BCUT2D eigenvalue weighted by atomic mass is 10.1. The van der Waals surface area contributed by atoms with Crippen LogP contribution in [0.1, 0.15) is 25.7 Å². The molecule has 0 unspecified atom stereocenters. The highest BCUT2D eigenvalue weighted by atomic mass is 16.2. The molecule has 0 spiro atoms. The topological polar surface area (TPSA) is 40.6 Å². The van der Waals surface area contributed by atoms with Crippen molar-refractivity contribution in [2.45, 2.75) is 25.7 Å². The first-order valence-electron chi connectivity index (χ1n) is 7.39. The Morgan fingerprint density at radius 2 is 1.67 bits per heavy atom. The van der Waals surface area contributed by atoms with Crippen LogP contribution < -0.4 is 9.80 Å². The number of benzene rings is 1. The van der Waals surface area contributed by atoms with E-state index in [0.29, 0.717) is 0 Å². The minimum Gasteiger partial charge on any atom is -0.336 e. The number of rotatable bonds is 2. The van der Waals surface area contributed by atoms with Gasteiger partial charge in [0.2, 0.25) is 0 Å². The number of carbonyl (C=O) groups excluding carboxylic acids is 2. The molecule has 0 aliphatic carbocycles. The Hall–Kier alpha value is -2.32. The number of hydrogen-bond acceptors (Lipinski definition) is 3. The third-order valence-electron chi connectivity index (χ3n) is 4.01. The van der Waals surface area contributed by atoms with Crippen LogP contribution in [-0.2, 0) is 9.59 Å². The molecule has 1 fully saturated rings. The van der Waals surface area contributed by atoms with E-state index in [4.69, 9.17) is 0 Å².